The highest BCUT2D eigenvalue weighted by Gasteiger charge is 2.46. The second-order valence-electron chi connectivity index (χ2n) is 8.85. The van der Waals surface area contributed by atoms with E-state index in [2.05, 4.69) is 11.6 Å². The van der Waals surface area contributed by atoms with Gasteiger partial charge >= 0.3 is 0 Å². The number of hydrogen-bond acceptors (Lipinski definition) is 6. The van der Waals surface area contributed by atoms with Crippen molar-refractivity contribution in [3.8, 4) is 5.75 Å². The predicted molar refractivity (Wildman–Crippen MR) is 140 cm³/mol. The van der Waals surface area contributed by atoms with E-state index in [1.165, 1.54) is 4.90 Å². The largest absolute Gasteiger partial charge is 0.507 e. The Bertz CT molecular complexity index is 1310. The maximum Gasteiger partial charge on any atom is 0.295 e. The Kier molecular flexibility index (Phi) is 7.20. The van der Waals surface area contributed by atoms with Gasteiger partial charge in [-0.3, -0.25) is 14.6 Å². The smallest absolute Gasteiger partial charge is 0.295 e. The molecule has 7 nitrogen and oxygen atoms in total. The standard InChI is InChI=1S/C29H29N3O4/c1-5-15-36-23-12-13-24(19(2)16-23)27(33)25-26(21-8-10-22(11-9-21)31(3)4)32(29(35)28(25)34)18-20-7-6-14-30-17-20/h5-14,16-17,26,33H,1,15,18H2,2-4H3/t26-/m1/s1. The zero-order valence-corrected chi connectivity index (χ0v) is 20.6. The lowest BCUT2D eigenvalue weighted by atomic mass is 9.93. The Balaban J connectivity index is 1.83. The van der Waals surface area contributed by atoms with Crippen LogP contribution in [-0.2, 0) is 16.1 Å². The van der Waals surface area contributed by atoms with Crippen LogP contribution in [0.2, 0.25) is 0 Å². The molecule has 0 radical (unpaired) electrons. The lowest BCUT2D eigenvalue weighted by Crippen LogP contribution is -2.29. The molecule has 1 N–H and O–H groups in total. The van der Waals surface area contributed by atoms with E-state index in [0.29, 0.717) is 23.5 Å². The van der Waals surface area contributed by atoms with Crippen molar-refractivity contribution in [1.82, 2.24) is 9.88 Å². The van der Waals surface area contributed by atoms with E-state index in [1.807, 2.05) is 56.3 Å². The highest BCUT2D eigenvalue weighted by Crippen LogP contribution is 2.41. The average Bonchev–Trinajstić information content (AvgIpc) is 3.12. The van der Waals surface area contributed by atoms with Gasteiger partial charge in [-0.2, -0.15) is 0 Å². The van der Waals surface area contributed by atoms with Crippen LogP contribution in [0.1, 0.15) is 28.3 Å². The Morgan fingerprint density at radius 2 is 1.92 bits per heavy atom. The third kappa shape index (κ3) is 4.86. The fourth-order valence-electron chi connectivity index (χ4n) is 4.32. The molecule has 0 unspecified atom stereocenters. The number of aliphatic hydroxyl groups excluding tert-OH is 1. The Morgan fingerprint density at radius 1 is 1.17 bits per heavy atom. The van der Waals surface area contributed by atoms with E-state index in [-0.39, 0.29) is 17.9 Å². The molecule has 1 aliphatic heterocycles. The first-order chi connectivity index (χ1) is 17.3. The summed E-state index contributed by atoms with van der Waals surface area (Å²) in [7, 11) is 3.88. The predicted octanol–water partition coefficient (Wildman–Crippen LogP) is 4.64. The van der Waals surface area contributed by atoms with E-state index < -0.39 is 17.7 Å². The van der Waals surface area contributed by atoms with Crippen molar-refractivity contribution in [2.24, 2.45) is 0 Å². The van der Waals surface area contributed by atoms with Gasteiger partial charge in [-0.1, -0.05) is 30.9 Å². The first kappa shape index (κ1) is 24.7. The molecule has 36 heavy (non-hydrogen) atoms. The normalized spacial score (nSPS) is 16.8. The summed E-state index contributed by atoms with van der Waals surface area (Å²) in [6.45, 7) is 6.01. The molecule has 1 saturated heterocycles. The summed E-state index contributed by atoms with van der Waals surface area (Å²) in [5.74, 6) is -0.969. The SMILES string of the molecule is C=CCOc1ccc(C(O)=C2C(=O)C(=O)N(Cc3cccnc3)[C@@H]2c2ccc(N(C)C)cc2)c(C)c1. The van der Waals surface area contributed by atoms with Gasteiger partial charge < -0.3 is 19.6 Å². The van der Waals surface area contributed by atoms with Crippen molar-refractivity contribution in [3.63, 3.8) is 0 Å². The van der Waals surface area contributed by atoms with Gasteiger partial charge in [-0.05, 0) is 60.0 Å². The van der Waals surface area contributed by atoms with Gasteiger partial charge in [-0.25, -0.2) is 0 Å². The van der Waals surface area contributed by atoms with Crippen LogP contribution in [0.4, 0.5) is 5.69 Å². The second-order valence-corrected chi connectivity index (χ2v) is 8.85. The number of Topliss-reactive ketones (excluding diaryl/α,β-unsaturated/α-hetero) is 1. The number of benzene rings is 2. The summed E-state index contributed by atoms with van der Waals surface area (Å²) in [5, 5.41) is 11.4. The number of aromatic nitrogens is 1. The van der Waals surface area contributed by atoms with Crippen LogP contribution in [-0.4, -0.2) is 47.4 Å². The summed E-state index contributed by atoms with van der Waals surface area (Å²) < 4.78 is 5.58. The maximum absolute atomic E-state index is 13.3. The van der Waals surface area contributed by atoms with Crippen molar-refractivity contribution < 1.29 is 19.4 Å². The summed E-state index contributed by atoms with van der Waals surface area (Å²) in [6, 6.07) is 15.7. The highest BCUT2D eigenvalue weighted by molar-refractivity contribution is 6.46. The van der Waals surface area contributed by atoms with Crippen LogP contribution < -0.4 is 9.64 Å². The number of aryl methyl sites for hydroxylation is 1. The molecule has 7 heteroatoms. The third-order valence-corrected chi connectivity index (χ3v) is 6.16. The van der Waals surface area contributed by atoms with Crippen LogP contribution in [0.25, 0.3) is 5.76 Å². The lowest BCUT2D eigenvalue weighted by Gasteiger charge is -2.26. The topological polar surface area (TPSA) is 83.0 Å². The molecule has 2 heterocycles. The number of anilines is 1. The molecule has 0 spiro atoms. The van der Waals surface area contributed by atoms with E-state index >= 15 is 0 Å². The van der Waals surface area contributed by atoms with Gasteiger partial charge in [-0.15, -0.1) is 0 Å². The minimum Gasteiger partial charge on any atom is -0.507 e. The summed E-state index contributed by atoms with van der Waals surface area (Å²) in [6.07, 6.45) is 4.96. The fourth-order valence-corrected chi connectivity index (χ4v) is 4.32. The Hall–Kier alpha value is -4.39. The van der Waals surface area contributed by atoms with Gasteiger partial charge in [0.25, 0.3) is 11.7 Å². The number of amides is 1. The minimum atomic E-state index is -0.752. The van der Waals surface area contributed by atoms with E-state index in [9.17, 15) is 14.7 Å². The molecular weight excluding hydrogens is 454 g/mol. The van der Waals surface area contributed by atoms with Gasteiger partial charge in [0.15, 0.2) is 0 Å². The molecular formula is C29H29N3O4. The van der Waals surface area contributed by atoms with Gasteiger partial charge in [0.05, 0.1) is 11.6 Å². The number of likely N-dealkylation sites (tertiary alicyclic amines) is 1. The molecule has 1 amide bonds. The number of carbonyl (C=O) groups excluding carboxylic acids is 2. The molecule has 1 aromatic heterocycles. The van der Waals surface area contributed by atoms with Gasteiger partial charge in [0.1, 0.15) is 18.1 Å². The molecule has 3 aromatic rings. The van der Waals surface area contributed by atoms with Crippen LogP contribution >= 0.6 is 0 Å². The van der Waals surface area contributed by atoms with Crippen LogP contribution in [0, 0.1) is 6.92 Å². The second kappa shape index (κ2) is 10.5. The number of nitrogens with zero attached hydrogens (tertiary/aromatic N) is 3. The van der Waals surface area contributed by atoms with E-state index in [0.717, 1.165) is 16.8 Å². The summed E-state index contributed by atoms with van der Waals surface area (Å²) in [5.41, 5.74) is 3.74. The fraction of sp³-hybridized carbons (Fsp3) is 0.207. The first-order valence-corrected chi connectivity index (χ1v) is 11.6. The Morgan fingerprint density at radius 3 is 2.53 bits per heavy atom. The van der Waals surface area contributed by atoms with Crippen LogP contribution in [0.5, 0.6) is 5.75 Å². The number of rotatable bonds is 8. The molecule has 1 aliphatic rings. The first-order valence-electron chi connectivity index (χ1n) is 11.6. The molecule has 1 fully saturated rings. The number of pyridine rings is 1. The van der Waals surface area contributed by atoms with Crippen molar-refractivity contribution in [2.75, 3.05) is 25.6 Å². The number of aliphatic hydroxyl groups is 1. The number of ketones is 1. The van der Waals surface area contributed by atoms with Gasteiger partial charge in [0.2, 0.25) is 0 Å². The van der Waals surface area contributed by atoms with Crippen molar-refractivity contribution in [3.05, 3.63) is 107 Å². The molecule has 1 atom stereocenters. The molecule has 184 valence electrons. The van der Waals surface area contributed by atoms with Crippen molar-refractivity contribution in [2.45, 2.75) is 19.5 Å². The number of ether oxygens (including phenoxy) is 1. The molecule has 0 bridgehead atoms. The quantitative estimate of drug-likeness (QED) is 0.218. The van der Waals surface area contributed by atoms with Crippen molar-refractivity contribution >= 4 is 23.1 Å². The summed E-state index contributed by atoms with van der Waals surface area (Å²) in [4.78, 5) is 34.2. The number of carbonyl (C=O) groups is 2. The lowest BCUT2D eigenvalue weighted by molar-refractivity contribution is -0.140. The van der Waals surface area contributed by atoms with Crippen molar-refractivity contribution in [1.29, 1.82) is 0 Å². The van der Waals surface area contributed by atoms with E-state index in [1.54, 1.807) is 42.7 Å². The molecule has 0 aliphatic carbocycles. The molecule has 0 saturated carbocycles. The Labute approximate surface area is 211 Å². The minimum absolute atomic E-state index is 0.0596. The molecule has 4 rings (SSSR count). The maximum atomic E-state index is 13.3. The van der Waals surface area contributed by atoms with Crippen LogP contribution in [0.15, 0.2) is 85.2 Å². The van der Waals surface area contributed by atoms with Gasteiger partial charge in [0, 0.05) is 44.3 Å². The highest BCUT2D eigenvalue weighted by atomic mass is 16.5. The summed E-state index contributed by atoms with van der Waals surface area (Å²) >= 11 is 0. The monoisotopic (exact) mass is 483 g/mol. The number of hydrogen-bond donors (Lipinski definition) is 1. The van der Waals surface area contributed by atoms with Crippen LogP contribution in [0.3, 0.4) is 0 Å². The molecule has 2 aromatic carbocycles. The zero-order chi connectivity index (χ0) is 25.8. The zero-order valence-electron chi connectivity index (χ0n) is 20.6. The third-order valence-electron chi connectivity index (χ3n) is 6.16. The average molecular weight is 484 g/mol. The van der Waals surface area contributed by atoms with E-state index in [4.69, 9.17) is 4.74 Å².